The lowest BCUT2D eigenvalue weighted by molar-refractivity contribution is -0.00397. The molecule has 3 aromatic carbocycles. The second-order valence-electron chi connectivity index (χ2n) is 10.3. The molecule has 0 aliphatic carbocycles. The van der Waals surface area contributed by atoms with Crippen molar-refractivity contribution < 1.29 is 19.4 Å². The Kier molecular flexibility index (Phi) is 11.0. The van der Waals surface area contributed by atoms with E-state index in [0.717, 1.165) is 28.7 Å². The fourth-order valence-electron chi connectivity index (χ4n) is 4.54. The lowest BCUT2D eigenvalue weighted by Gasteiger charge is -2.28. The molecule has 204 valence electrons. The first-order chi connectivity index (χ1) is 18.1. The monoisotopic (exact) mass is 535 g/mol. The quantitative estimate of drug-likeness (QED) is 0.190. The Morgan fingerprint density at radius 1 is 1.08 bits per heavy atom. The molecule has 0 amide bonds. The Hall–Kier alpha value is -2.64. The van der Waals surface area contributed by atoms with Gasteiger partial charge in [-0.3, -0.25) is 0 Å². The van der Waals surface area contributed by atoms with E-state index in [2.05, 4.69) is 55.8 Å². The van der Waals surface area contributed by atoms with Gasteiger partial charge in [0.1, 0.15) is 0 Å². The molecule has 0 unspecified atom stereocenters. The van der Waals surface area contributed by atoms with Crippen LogP contribution in [0, 0.1) is 6.92 Å². The minimum Gasteiger partial charge on any atom is -0.462 e. The van der Waals surface area contributed by atoms with Gasteiger partial charge in [-0.1, -0.05) is 48.5 Å². The number of thioether (sulfide) groups is 1. The standard InChI is InChI=1S/C32H41NO4S/c1-7-36-31(35)28-16-15-25(17-22(28)2)30-14-9-8-13-29(30)23(3)37-21-26(34)20-33-32(4,5)19-24-11-10-12-27(18-24)38-6/h8-18,23,26,33-34H,7,19-21H2,1-6H3/t23-,26+/m1/s1. The summed E-state index contributed by atoms with van der Waals surface area (Å²) in [6.07, 6.45) is 2.11. The summed E-state index contributed by atoms with van der Waals surface area (Å²) in [5.74, 6) is -0.305. The molecule has 0 saturated heterocycles. The number of aliphatic hydroxyl groups is 1. The van der Waals surface area contributed by atoms with E-state index in [4.69, 9.17) is 9.47 Å². The van der Waals surface area contributed by atoms with E-state index in [1.165, 1.54) is 10.5 Å². The zero-order valence-corrected chi connectivity index (χ0v) is 24.2. The van der Waals surface area contributed by atoms with Gasteiger partial charge >= 0.3 is 5.97 Å². The summed E-state index contributed by atoms with van der Waals surface area (Å²) >= 11 is 1.74. The first-order valence-electron chi connectivity index (χ1n) is 13.2. The minimum atomic E-state index is -0.632. The van der Waals surface area contributed by atoms with E-state index in [9.17, 15) is 9.90 Å². The molecule has 0 bridgehead atoms. The highest BCUT2D eigenvalue weighted by atomic mass is 32.2. The Bertz CT molecular complexity index is 1210. The van der Waals surface area contributed by atoms with Crippen molar-refractivity contribution in [1.29, 1.82) is 0 Å². The van der Waals surface area contributed by atoms with Crippen molar-refractivity contribution in [2.75, 3.05) is 26.0 Å². The number of hydrogen-bond acceptors (Lipinski definition) is 6. The number of β-amino-alcohol motifs (C(OH)–C–C–N with tert-alkyl or cyclic N) is 1. The van der Waals surface area contributed by atoms with Gasteiger partial charge in [0.15, 0.2) is 0 Å². The number of carbonyl (C=O) groups is 1. The second kappa shape index (κ2) is 13.9. The van der Waals surface area contributed by atoms with Crippen LogP contribution in [0.1, 0.15) is 60.8 Å². The van der Waals surface area contributed by atoms with E-state index in [-0.39, 0.29) is 24.2 Å². The molecule has 6 heteroatoms. The van der Waals surface area contributed by atoms with Gasteiger partial charge in [-0.2, -0.15) is 0 Å². The van der Waals surface area contributed by atoms with E-state index in [0.29, 0.717) is 18.7 Å². The fourth-order valence-corrected chi connectivity index (χ4v) is 5.02. The number of nitrogens with one attached hydrogen (secondary N) is 1. The summed E-state index contributed by atoms with van der Waals surface area (Å²) in [4.78, 5) is 13.5. The summed E-state index contributed by atoms with van der Waals surface area (Å²) in [7, 11) is 0. The highest BCUT2D eigenvalue weighted by Gasteiger charge is 2.21. The Balaban J connectivity index is 1.59. The van der Waals surface area contributed by atoms with Gasteiger partial charge in [-0.15, -0.1) is 11.8 Å². The van der Waals surface area contributed by atoms with Crippen LogP contribution in [0.4, 0.5) is 0 Å². The zero-order chi connectivity index (χ0) is 27.7. The third-order valence-corrected chi connectivity index (χ3v) is 7.29. The summed E-state index contributed by atoms with van der Waals surface area (Å²) in [6.45, 7) is 11.0. The smallest absolute Gasteiger partial charge is 0.338 e. The minimum absolute atomic E-state index is 0.163. The van der Waals surface area contributed by atoms with Crippen molar-refractivity contribution in [3.8, 4) is 11.1 Å². The third kappa shape index (κ3) is 8.43. The van der Waals surface area contributed by atoms with E-state index in [1.807, 2.05) is 50.2 Å². The molecule has 0 fully saturated rings. The molecular weight excluding hydrogens is 494 g/mol. The molecule has 0 radical (unpaired) electrons. The fraction of sp³-hybridized carbons (Fsp3) is 0.406. The number of benzene rings is 3. The summed E-state index contributed by atoms with van der Waals surface area (Å²) in [5.41, 5.74) is 5.64. The Labute approximate surface area is 232 Å². The molecule has 3 aromatic rings. The average molecular weight is 536 g/mol. The third-order valence-electron chi connectivity index (χ3n) is 6.57. The van der Waals surface area contributed by atoms with Crippen LogP contribution in [0.25, 0.3) is 11.1 Å². The number of aliphatic hydroxyl groups excluding tert-OH is 1. The van der Waals surface area contributed by atoms with Crippen LogP contribution in [0.5, 0.6) is 0 Å². The maximum absolute atomic E-state index is 12.2. The molecule has 3 rings (SSSR count). The van der Waals surface area contributed by atoms with Crippen LogP contribution in [0.15, 0.2) is 71.6 Å². The highest BCUT2D eigenvalue weighted by molar-refractivity contribution is 7.98. The van der Waals surface area contributed by atoms with Gasteiger partial charge < -0.3 is 19.9 Å². The van der Waals surface area contributed by atoms with Crippen molar-refractivity contribution in [2.45, 2.75) is 63.7 Å². The predicted molar refractivity (Wildman–Crippen MR) is 157 cm³/mol. The number of rotatable bonds is 13. The largest absolute Gasteiger partial charge is 0.462 e. The van der Waals surface area contributed by atoms with E-state index in [1.54, 1.807) is 18.7 Å². The number of esters is 1. The first kappa shape index (κ1) is 29.9. The van der Waals surface area contributed by atoms with Crippen molar-refractivity contribution in [3.05, 3.63) is 89.0 Å². The molecule has 2 atom stereocenters. The van der Waals surface area contributed by atoms with Crippen LogP contribution in [-0.4, -0.2) is 48.7 Å². The summed E-state index contributed by atoms with van der Waals surface area (Å²) in [5, 5.41) is 14.2. The van der Waals surface area contributed by atoms with Crippen LogP contribution >= 0.6 is 11.8 Å². The van der Waals surface area contributed by atoms with Crippen LogP contribution in [-0.2, 0) is 15.9 Å². The van der Waals surface area contributed by atoms with Crippen LogP contribution in [0.3, 0.4) is 0 Å². The van der Waals surface area contributed by atoms with Gasteiger partial charge in [-0.05, 0) is 93.3 Å². The Morgan fingerprint density at radius 2 is 1.84 bits per heavy atom. The molecule has 38 heavy (non-hydrogen) atoms. The maximum Gasteiger partial charge on any atom is 0.338 e. The van der Waals surface area contributed by atoms with Crippen LogP contribution < -0.4 is 5.32 Å². The van der Waals surface area contributed by atoms with Crippen LogP contribution in [0.2, 0.25) is 0 Å². The SMILES string of the molecule is CCOC(=O)c1ccc(-c2ccccc2[C@@H](C)OC[C@@H](O)CNC(C)(C)Cc2cccc(SC)c2)cc1C. The first-order valence-corrected chi connectivity index (χ1v) is 14.4. The maximum atomic E-state index is 12.2. The van der Waals surface area contributed by atoms with Gasteiger partial charge in [0.05, 0.1) is 31.0 Å². The molecule has 0 heterocycles. The van der Waals surface area contributed by atoms with E-state index < -0.39 is 6.10 Å². The molecule has 2 N–H and O–H groups in total. The number of hydrogen-bond donors (Lipinski definition) is 2. The molecule has 5 nitrogen and oxygen atoms in total. The van der Waals surface area contributed by atoms with Gasteiger partial charge in [0.2, 0.25) is 0 Å². The molecule has 0 spiro atoms. The average Bonchev–Trinajstić information content (AvgIpc) is 2.90. The lowest BCUT2D eigenvalue weighted by Crippen LogP contribution is -2.46. The van der Waals surface area contributed by atoms with E-state index >= 15 is 0 Å². The molecule has 0 aromatic heterocycles. The number of ether oxygens (including phenoxy) is 2. The van der Waals surface area contributed by atoms with Gasteiger partial charge in [-0.25, -0.2) is 4.79 Å². The van der Waals surface area contributed by atoms with Crippen molar-refractivity contribution in [3.63, 3.8) is 0 Å². The summed E-state index contributed by atoms with van der Waals surface area (Å²) < 4.78 is 11.3. The van der Waals surface area contributed by atoms with Crippen molar-refractivity contribution >= 4 is 17.7 Å². The van der Waals surface area contributed by atoms with Crippen molar-refractivity contribution in [1.82, 2.24) is 5.32 Å². The normalized spacial score (nSPS) is 13.2. The van der Waals surface area contributed by atoms with Crippen molar-refractivity contribution in [2.24, 2.45) is 0 Å². The zero-order valence-electron chi connectivity index (χ0n) is 23.4. The lowest BCUT2D eigenvalue weighted by atomic mass is 9.94. The van der Waals surface area contributed by atoms with Gasteiger partial charge in [0, 0.05) is 17.0 Å². The molecule has 0 saturated carbocycles. The van der Waals surface area contributed by atoms with Gasteiger partial charge in [0.25, 0.3) is 0 Å². The summed E-state index contributed by atoms with van der Waals surface area (Å²) in [6, 6.07) is 22.4. The second-order valence-corrected chi connectivity index (χ2v) is 11.1. The predicted octanol–water partition coefficient (Wildman–Crippen LogP) is 6.61. The highest BCUT2D eigenvalue weighted by Crippen LogP contribution is 2.31. The number of carbonyl (C=O) groups excluding carboxylic acids is 1. The molecule has 0 aliphatic heterocycles. The molecular formula is C32H41NO4S. The Morgan fingerprint density at radius 3 is 2.55 bits per heavy atom. The topological polar surface area (TPSA) is 67.8 Å². The number of aryl methyl sites for hydroxylation is 1. The molecule has 0 aliphatic rings.